The van der Waals surface area contributed by atoms with Crippen LogP contribution in [0.4, 0.5) is 0 Å². The van der Waals surface area contributed by atoms with E-state index in [1.54, 1.807) is 12.1 Å². The van der Waals surface area contributed by atoms with Crippen LogP contribution in [-0.4, -0.2) is 33.7 Å². The van der Waals surface area contributed by atoms with E-state index in [4.69, 9.17) is 4.74 Å². The smallest absolute Gasteiger partial charge is 0.251 e. The van der Waals surface area contributed by atoms with Gasteiger partial charge in [0.05, 0.1) is 11.4 Å². The van der Waals surface area contributed by atoms with Crippen LogP contribution < -0.4 is 10.1 Å². The molecule has 0 saturated carbocycles. The fourth-order valence-corrected chi connectivity index (χ4v) is 3.23. The number of fused-ring (bicyclic) bond motifs is 1. The molecule has 0 aromatic heterocycles. The van der Waals surface area contributed by atoms with Gasteiger partial charge in [0.15, 0.2) is 9.84 Å². The van der Waals surface area contributed by atoms with E-state index in [9.17, 15) is 13.2 Å². The van der Waals surface area contributed by atoms with E-state index in [0.717, 1.165) is 22.8 Å². The van der Waals surface area contributed by atoms with Gasteiger partial charge in [0.2, 0.25) is 0 Å². The quantitative estimate of drug-likeness (QED) is 0.678. The van der Waals surface area contributed by atoms with Gasteiger partial charge in [-0.05, 0) is 41.1 Å². The van der Waals surface area contributed by atoms with Crippen molar-refractivity contribution in [1.29, 1.82) is 0 Å². The Labute approximate surface area is 152 Å². The molecule has 6 heteroatoms. The van der Waals surface area contributed by atoms with Gasteiger partial charge in [0, 0.05) is 11.8 Å². The molecule has 0 aliphatic heterocycles. The van der Waals surface area contributed by atoms with Gasteiger partial charge in [-0.25, -0.2) is 8.42 Å². The summed E-state index contributed by atoms with van der Waals surface area (Å²) in [4.78, 5) is 12.3. The van der Waals surface area contributed by atoms with E-state index in [2.05, 4.69) is 5.32 Å². The Bertz CT molecular complexity index is 1040. The summed E-state index contributed by atoms with van der Waals surface area (Å²) in [6.07, 6.45) is 1.11. The van der Waals surface area contributed by atoms with Crippen LogP contribution in [0.5, 0.6) is 5.75 Å². The van der Waals surface area contributed by atoms with Crippen LogP contribution in [0.2, 0.25) is 0 Å². The Balaban J connectivity index is 1.55. The molecule has 0 radical (unpaired) electrons. The largest absolute Gasteiger partial charge is 0.492 e. The van der Waals surface area contributed by atoms with Crippen LogP contribution in [0.3, 0.4) is 0 Å². The van der Waals surface area contributed by atoms with E-state index in [0.29, 0.717) is 18.7 Å². The molecule has 0 aliphatic rings. The lowest BCUT2D eigenvalue weighted by molar-refractivity contribution is 0.0947. The van der Waals surface area contributed by atoms with Crippen molar-refractivity contribution in [1.82, 2.24) is 5.32 Å². The average Bonchev–Trinajstić information content (AvgIpc) is 2.64. The molecule has 0 spiro atoms. The third-order valence-corrected chi connectivity index (χ3v) is 5.01. The molecule has 0 heterocycles. The summed E-state index contributed by atoms with van der Waals surface area (Å²) in [6.45, 7) is 0.630. The van der Waals surface area contributed by atoms with E-state index in [1.165, 1.54) is 12.1 Å². The highest BCUT2D eigenvalue weighted by Crippen LogP contribution is 2.20. The summed E-state index contributed by atoms with van der Waals surface area (Å²) < 4.78 is 28.8. The number of nitrogens with one attached hydrogen (secondary N) is 1. The first kappa shape index (κ1) is 17.9. The summed E-state index contributed by atoms with van der Waals surface area (Å²) in [5.74, 6) is 0.398. The second kappa shape index (κ2) is 7.58. The SMILES string of the molecule is CS(=O)(=O)c1cccc(C(=O)NCCOc2ccc3ccccc3c2)c1. The van der Waals surface area contributed by atoms with Crippen LogP contribution >= 0.6 is 0 Å². The van der Waals surface area contributed by atoms with Gasteiger partial charge in [-0.3, -0.25) is 4.79 Å². The van der Waals surface area contributed by atoms with Crippen molar-refractivity contribution in [2.24, 2.45) is 0 Å². The maximum absolute atomic E-state index is 12.1. The standard InChI is InChI=1S/C20H19NO4S/c1-26(23,24)19-8-4-7-17(14-19)20(22)21-11-12-25-18-10-9-15-5-2-3-6-16(15)13-18/h2-10,13-14H,11-12H2,1H3,(H,21,22). The van der Waals surface area contributed by atoms with Crippen molar-refractivity contribution in [2.75, 3.05) is 19.4 Å². The summed E-state index contributed by atoms with van der Waals surface area (Å²) in [6, 6.07) is 19.8. The molecular formula is C20H19NO4S. The normalized spacial score (nSPS) is 11.3. The Morgan fingerprint density at radius 1 is 0.962 bits per heavy atom. The van der Waals surface area contributed by atoms with E-state index in [1.807, 2.05) is 42.5 Å². The summed E-state index contributed by atoms with van der Waals surface area (Å²) in [5.41, 5.74) is 0.304. The number of ether oxygens (including phenoxy) is 1. The Morgan fingerprint density at radius 3 is 2.50 bits per heavy atom. The van der Waals surface area contributed by atoms with Crippen LogP contribution in [0.15, 0.2) is 71.6 Å². The first-order valence-electron chi connectivity index (χ1n) is 8.13. The number of carbonyl (C=O) groups excluding carboxylic acids is 1. The predicted molar refractivity (Wildman–Crippen MR) is 101 cm³/mol. The van der Waals surface area contributed by atoms with Crippen molar-refractivity contribution in [3.63, 3.8) is 0 Å². The Kier molecular flexibility index (Phi) is 5.23. The Hall–Kier alpha value is -2.86. The van der Waals surface area contributed by atoms with Gasteiger partial charge >= 0.3 is 0 Å². The maximum atomic E-state index is 12.1. The fraction of sp³-hybridized carbons (Fsp3) is 0.150. The predicted octanol–water partition coefficient (Wildman–Crippen LogP) is 3.05. The zero-order valence-electron chi connectivity index (χ0n) is 14.3. The minimum absolute atomic E-state index is 0.123. The molecule has 134 valence electrons. The van der Waals surface area contributed by atoms with Gasteiger partial charge in [-0.1, -0.05) is 36.4 Å². The molecular weight excluding hydrogens is 350 g/mol. The number of carbonyl (C=O) groups is 1. The van der Waals surface area contributed by atoms with Gasteiger partial charge in [0.25, 0.3) is 5.91 Å². The fourth-order valence-electron chi connectivity index (χ4n) is 2.56. The molecule has 1 N–H and O–H groups in total. The molecule has 3 aromatic rings. The molecule has 3 aromatic carbocycles. The van der Waals surface area contributed by atoms with Crippen molar-refractivity contribution in [2.45, 2.75) is 4.90 Å². The van der Waals surface area contributed by atoms with Crippen LogP contribution in [0, 0.1) is 0 Å². The lowest BCUT2D eigenvalue weighted by Crippen LogP contribution is -2.28. The van der Waals surface area contributed by atoms with E-state index < -0.39 is 9.84 Å². The molecule has 0 atom stereocenters. The van der Waals surface area contributed by atoms with Gasteiger partial charge in [-0.2, -0.15) is 0 Å². The highest BCUT2D eigenvalue weighted by atomic mass is 32.2. The minimum atomic E-state index is -3.34. The number of rotatable bonds is 6. The molecule has 5 nitrogen and oxygen atoms in total. The lowest BCUT2D eigenvalue weighted by atomic mass is 10.1. The molecule has 26 heavy (non-hydrogen) atoms. The number of hydrogen-bond donors (Lipinski definition) is 1. The van der Waals surface area contributed by atoms with Crippen LogP contribution in [0.25, 0.3) is 10.8 Å². The van der Waals surface area contributed by atoms with Gasteiger partial charge in [-0.15, -0.1) is 0 Å². The van der Waals surface area contributed by atoms with Crippen molar-refractivity contribution >= 4 is 26.5 Å². The molecule has 3 rings (SSSR count). The molecule has 0 aliphatic carbocycles. The van der Waals surface area contributed by atoms with Crippen molar-refractivity contribution in [3.05, 3.63) is 72.3 Å². The zero-order valence-corrected chi connectivity index (χ0v) is 15.1. The first-order valence-corrected chi connectivity index (χ1v) is 10.0. The highest BCUT2D eigenvalue weighted by molar-refractivity contribution is 7.90. The molecule has 0 bridgehead atoms. The molecule has 1 amide bonds. The molecule has 0 fully saturated rings. The van der Waals surface area contributed by atoms with Gasteiger partial charge in [0.1, 0.15) is 12.4 Å². The summed E-state index contributed by atoms with van der Waals surface area (Å²) in [7, 11) is -3.34. The summed E-state index contributed by atoms with van der Waals surface area (Å²) >= 11 is 0. The van der Waals surface area contributed by atoms with Crippen molar-refractivity contribution < 1.29 is 17.9 Å². The third-order valence-electron chi connectivity index (χ3n) is 3.90. The summed E-state index contributed by atoms with van der Waals surface area (Å²) in [5, 5.41) is 4.95. The van der Waals surface area contributed by atoms with E-state index >= 15 is 0 Å². The Morgan fingerprint density at radius 2 is 1.73 bits per heavy atom. The minimum Gasteiger partial charge on any atom is -0.492 e. The number of benzene rings is 3. The monoisotopic (exact) mass is 369 g/mol. The number of hydrogen-bond acceptors (Lipinski definition) is 4. The van der Waals surface area contributed by atoms with Crippen LogP contribution in [-0.2, 0) is 9.84 Å². The van der Waals surface area contributed by atoms with Crippen LogP contribution in [0.1, 0.15) is 10.4 Å². The van der Waals surface area contributed by atoms with Crippen molar-refractivity contribution in [3.8, 4) is 5.75 Å². The third kappa shape index (κ3) is 4.40. The van der Waals surface area contributed by atoms with Gasteiger partial charge < -0.3 is 10.1 Å². The molecule has 0 unspecified atom stereocenters. The maximum Gasteiger partial charge on any atom is 0.251 e. The second-order valence-electron chi connectivity index (χ2n) is 5.91. The average molecular weight is 369 g/mol. The first-order chi connectivity index (χ1) is 12.4. The lowest BCUT2D eigenvalue weighted by Gasteiger charge is -2.09. The molecule has 0 saturated heterocycles. The van der Waals surface area contributed by atoms with E-state index in [-0.39, 0.29) is 10.8 Å². The highest BCUT2D eigenvalue weighted by Gasteiger charge is 2.11. The topological polar surface area (TPSA) is 72.5 Å². The zero-order chi connectivity index (χ0) is 18.6. The second-order valence-corrected chi connectivity index (χ2v) is 7.93. The number of sulfone groups is 1. The number of amides is 1.